The molecule has 5 heteroatoms. The number of esters is 1. The minimum atomic E-state index is -0.302. The van der Waals surface area contributed by atoms with Gasteiger partial charge in [0, 0.05) is 45.6 Å². The fourth-order valence-corrected chi connectivity index (χ4v) is 3.39. The maximum Gasteiger partial charge on any atom is 0.308 e. The van der Waals surface area contributed by atoms with Gasteiger partial charge in [-0.25, -0.2) is 0 Å². The molecule has 2 aliphatic heterocycles. The maximum absolute atomic E-state index is 11.5. The van der Waals surface area contributed by atoms with Crippen molar-refractivity contribution in [2.45, 2.75) is 38.9 Å². The van der Waals surface area contributed by atoms with Gasteiger partial charge in [0.05, 0.1) is 0 Å². The van der Waals surface area contributed by atoms with Crippen LogP contribution in [0.25, 0.3) is 0 Å². The first-order valence-electron chi connectivity index (χ1n) is 7.31. The largest absolute Gasteiger partial charge is 0.427 e. The van der Waals surface area contributed by atoms with Gasteiger partial charge in [0.15, 0.2) is 0 Å². The highest BCUT2D eigenvalue weighted by atomic mass is 16.5. The Labute approximate surface area is 124 Å². The summed E-state index contributed by atoms with van der Waals surface area (Å²) < 4.78 is 5.03. The molecule has 0 N–H and O–H groups in total. The van der Waals surface area contributed by atoms with Gasteiger partial charge in [-0.05, 0) is 24.1 Å². The molecule has 2 saturated heterocycles. The Morgan fingerprint density at radius 3 is 2.38 bits per heavy atom. The predicted octanol–water partition coefficient (Wildman–Crippen LogP) is 1.42. The predicted molar refractivity (Wildman–Crippen MR) is 77.7 cm³/mol. The van der Waals surface area contributed by atoms with E-state index in [2.05, 4.69) is 4.90 Å². The lowest BCUT2D eigenvalue weighted by Gasteiger charge is -2.33. The molecule has 5 nitrogen and oxygen atoms in total. The third-order valence-electron chi connectivity index (χ3n) is 4.33. The first-order valence-corrected chi connectivity index (χ1v) is 7.31. The Hall–Kier alpha value is -1.88. The Balaban J connectivity index is 1.59. The molecule has 2 heterocycles. The van der Waals surface area contributed by atoms with Crippen LogP contribution in [0.1, 0.15) is 25.8 Å². The first kappa shape index (κ1) is 14.1. The SMILES string of the molecule is CC(=O)Oc1ccc(CN2C[C@@H]3C[C@H]2CN3C(C)=O)cc1. The Bertz CT molecular complexity index is 555. The van der Waals surface area contributed by atoms with Gasteiger partial charge in [-0.3, -0.25) is 14.5 Å². The lowest BCUT2D eigenvalue weighted by atomic mass is 10.2. The number of nitrogens with zero attached hydrogens (tertiary/aromatic N) is 2. The molecule has 0 aromatic heterocycles. The second-order valence-electron chi connectivity index (χ2n) is 5.88. The molecule has 2 aliphatic rings. The molecule has 0 saturated carbocycles. The molecule has 3 rings (SSSR count). The lowest BCUT2D eigenvalue weighted by molar-refractivity contribution is -0.132. The third kappa shape index (κ3) is 2.93. The van der Waals surface area contributed by atoms with E-state index in [1.807, 2.05) is 29.2 Å². The van der Waals surface area contributed by atoms with Crippen molar-refractivity contribution in [3.8, 4) is 5.75 Å². The molecule has 1 amide bonds. The second-order valence-corrected chi connectivity index (χ2v) is 5.88. The van der Waals surface area contributed by atoms with Gasteiger partial charge in [-0.2, -0.15) is 0 Å². The van der Waals surface area contributed by atoms with E-state index in [1.54, 1.807) is 6.92 Å². The summed E-state index contributed by atoms with van der Waals surface area (Å²) in [7, 11) is 0. The number of fused-ring (bicyclic) bond motifs is 2. The van der Waals surface area contributed by atoms with Crippen LogP contribution in [0.4, 0.5) is 0 Å². The quantitative estimate of drug-likeness (QED) is 0.623. The summed E-state index contributed by atoms with van der Waals surface area (Å²) in [5.41, 5.74) is 1.20. The van der Waals surface area contributed by atoms with E-state index >= 15 is 0 Å². The fraction of sp³-hybridized carbons (Fsp3) is 0.500. The summed E-state index contributed by atoms with van der Waals surface area (Å²) in [6, 6.07) is 8.50. The van der Waals surface area contributed by atoms with Crippen LogP contribution < -0.4 is 4.74 Å². The number of carbonyl (C=O) groups excluding carboxylic acids is 2. The van der Waals surface area contributed by atoms with Crippen LogP contribution in [0, 0.1) is 0 Å². The number of piperazine rings is 1. The molecule has 2 fully saturated rings. The standard InChI is InChI=1S/C16H20N2O3/c1-11(19)18-10-14-7-15(18)9-17(14)8-13-3-5-16(6-4-13)21-12(2)20/h3-6,14-15H,7-10H2,1-2H3/t14-,15-/m0/s1. The number of hydrogen-bond acceptors (Lipinski definition) is 4. The number of amides is 1. The van der Waals surface area contributed by atoms with E-state index in [4.69, 9.17) is 4.74 Å². The normalized spacial score (nSPS) is 24.4. The highest BCUT2D eigenvalue weighted by Crippen LogP contribution is 2.31. The molecule has 112 valence electrons. The average molecular weight is 288 g/mol. The summed E-state index contributed by atoms with van der Waals surface area (Å²) in [6.45, 7) is 5.74. The number of likely N-dealkylation sites (tertiary alicyclic amines) is 2. The van der Waals surface area contributed by atoms with E-state index in [9.17, 15) is 9.59 Å². The van der Waals surface area contributed by atoms with Crippen LogP contribution in [0.2, 0.25) is 0 Å². The van der Waals surface area contributed by atoms with Crippen molar-refractivity contribution in [2.24, 2.45) is 0 Å². The molecule has 21 heavy (non-hydrogen) atoms. The summed E-state index contributed by atoms with van der Waals surface area (Å²) >= 11 is 0. The van der Waals surface area contributed by atoms with Gasteiger partial charge in [0.2, 0.25) is 5.91 Å². The van der Waals surface area contributed by atoms with Gasteiger partial charge in [-0.15, -0.1) is 0 Å². The number of rotatable bonds is 3. The summed E-state index contributed by atoms with van der Waals surface area (Å²) in [5.74, 6) is 0.466. The molecule has 1 aromatic rings. The van der Waals surface area contributed by atoms with Crippen LogP contribution in [0.3, 0.4) is 0 Å². The minimum absolute atomic E-state index is 0.188. The molecule has 0 unspecified atom stereocenters. The van der Waals surface area contributed by atoms with Gasteiger partial charge >= 0.3 is 5.97 Å². The molecule has 2 atom stereocenters. The van der Waals surface area contributed by atoms with E-state index in [-0.39, 0.29) is 11.9 Å². The zero-order valence-electron chi connectivity index (χ0n) is 12.4. The number of hydrogen-bond donors (Lipinski definition) is 0. The molecule has 2 bridgehead atoms. The lowest BCUT2D eigenvalue weighted by Crippen LogP contribution is -2.47. The molecular weight excluding hydrogens is 268 g/mol. The Kier molecular flexibility index (Phi) is 3.68. The highest BCUT2D eigenvalue weighted by molar-refractivity contribution is 5.74. The zero-order chi connectivity index (χ0) is 15.0. The Morgan fingerprint density at radius 2 is 1.86 bits per heavy atom. The fourth-order valence-electron chi connectivity index (χ4n) is 3.39. The Morgan fingerprint density at radius 1 is 1.14 bits per heavy atom. The molecular formula is C16H20N2O3. The molecule has 1 aromatic carbocycles. The van der Waals surface area contributed by atoms with Gasteiger partial charge < -0.3 is 9.64 Å². The first-order chi connectivity index (χ1) is 10.0. The minimum Gasteiger partial charge on any atom is -0.427 e. The third-order valence-corrected chi connectivity index (χ3v) is 4.33. The van der Waals surface area contributed by atoms with E-state index < -0.39 is 0 Å². The summed E-state index contributed by atoms with van der Waals surface area (Å²) in [5, 5.41) is 0. The van der Waals surface area contributed by atoms with E-state index in [1.165, 1.54) is 12.5 Å². The van der Waals surface area contributed by atoms with Crippen LogP contribution in [-0.2, 0) is 16.1 Å². The van der Waals surface area contributed by atoms with Crippen LogP contribution in [0.15, 0.2) is 24.3 Å². The average Bonchev–Trinajstić information content (AvgIpc) is 3.00. The monoisotopic (exact) mass is 288 g/mol. The van der Waals surface area contributed by atoms with Crippen molar-refractivity contribution in [2.75, 3.05) is 13.1 Å². The molecule has 0 spiro atoms. The van der Waals surface area contributed by atoms with Gasteiger partial charge in [0.25, 0.3) is 0 Å². The topological polar surface area (TPSA) is 49.9 Å². The van der Waals surface area contributed by atoms with E-state index in [0.29, 0.717) is 17.8 Å². The molecule has 0 aliphatic carbocycles. The van der Waals surface area contributed by atoms with Crippen molar-refractivity contribution >= 4 is 11.9 Å². The highest BCUT2D eigenvalue weighted by Gasteiger charge is 2.43. The zero-order valence-corrected chi connectivity index (χ0v) is 12.4. The maximum atomic E-state index is 11.5. The van der Waals surface area contributed by atoms with Crippen molar-refractivity contribution in [1.29, 1.82) is 0 Å². The summed E-state index contributed by atoms with van der Waals surface area (Å²) in [6.07, 6.45) is 1.09. The van der Waals surface area contributed by atoms with Crippen LogP contribution >= 0.6 is 0 Å². The second kappa shape index (κ2) is 5.48. The van der Waals surface area contributed by atoms with Gasteiger partial charge in [0.1, 0.15) is 5.75 Å². The van der Waals surface area contributed by atoms with Crippen molar-refractivity contribution in [3.05, 3.63) is 29.8 Å². The van der Waals surface area contributed by atoms with Crippen molar-refractivity contribution < 1.29 is 14.3 Å². The summed E-state index contributed by atoms with van der Waals surface area (Å²) in [4.78, 5) is 26.8. The van der Waals surface area contributed by atoms with Crippen molar-refractivity contribution in [1.82, 2.24) is 9.80 Å². The smallest absolute Gasteiger partial charge is 0.308 e. The number of benzene rings is 1. The van der Waals surface area contributed by atoms with Crippen LogP contribution in [0.5, 0.6) is 5.75 Å². The van der Waals surface area contributed by atoms with E-state index in [0.717, 1.165) is 26.1 Å². The number of carbonyl (C=O) groups is 2. The van der Waals surface area contributed by atoms with Gasteiger partial charge in [-0.1, -0.05) is 12.1 Å². The van der Waals surface area contributed by atoms with Crippen molar-refractivity contribution in [3.63, 3.8) is 0 Å². The number of ether oxygens (including phenoxy) is 1. The molecule has 0 radical (unpaired) electrons. The van der Waals surface area contributed by atoms with Crippen LogP contribution in [-0.4, -0.2) is 46.8 Å².